The van der Waals surface area contributed by atoms with E-state index in [1.807, 2.05) is 24.3 Å². The first kappa shape index (κ1) is 16.7. The van der Waals surface area contributed by atoms with Crippen molar-refractivity contribution in [1.82, 2.24) is 24.6 Å². The van der Waals surface area contributed by atoms with E-state index in [0.29, 0.717) is 36.2 Å². The fraction of sp³-hybridized carbons (Fsp3) is 0.222. The van der Waals surface area contributed by atoms with Gasteiger partial charge in [-0.3, -0.25) is 9.36 Å². The molecule has 1 fully saturated rings. The van der Waals surface area contributed by atoms with Crippen LogP contribution < -0.4 is 0 Å². The summed E-state index contributed by atoms with van der Waals surface area (Å²) in [6, 6.07) is 12.8. The van der Waals surface area contributed by atoms with E-state index in [-0.39, 0.29) is 12.0 Å². The van der Waals surface area contributed by atoms with Gasteiger partial charge in [0.15, 0.2) is 0 Å². The number of aromatic nitrogens is 4. The third-order valence-electron chi connectivity index (χ3n) is 4.23. The van der Waals surface area contributed by atoms with Gasteiger partial charge in [-0.1, -0.05) is 29.8 Å². The molecule has 0 aliphatic carbocycles. The fourth-order valence-electron chi connectivity index (χ4n) is 2.88. The Bertz CT molecular complexity index is 898. The Hall–Kier alpha value is -2.77. The molecule has 1 aromatic carbocycles. The Kier molecular flexibility index (Phi) is 4.64. The molecule has 3 aromatic rings. The second-order valence-electron chi connectivity index (χ2n) is 5.91. The number of carbonyl (C=O) groups is 1. The van der Waals surface area contributed by atoms with E-state index in [2.05, 4.69) is 15.2 Å². The summed E-state index contributed by atoms with van der Waals surface area (Å²) < 4.78 is 7.48. The number of halogens is 1. The van der Waals surface area contributed by atoms with Gasteiger partial charge in [0.2, 0.25) is 0 Å². The second-order valence-corrected chi connectivity index (χ2v) is 6.35. The molecule has 1 saturated heterocycles. The number of rotatable bonds is 3. The second kappa shape index (κ2) is 7.23. The van der Waals surface area contributed by atoms with Crippen molar-refractivity contribution in [2.75, 3.05) is 19.7 Å². The van der Waals surface area contributed by atoms with Crippen molar-refractivity contribution in [1.29, 1.82) is 0 Å². The molecular formula is C18H16ClN5O2. The largest absolute Gasteiger partial charge is 0.370 e. The van der Waals surface area contributed by atoms with Crippen LogP contribution in [0.25, 0.3) is 5.82 Å². The van der Waals surface area contributed by atoms with E-state index in [0.717, 1.165) is 5.56 Å². The maximum Gasteiger partial charge on any atom is 0.272 e. The van der Waals surface area contributed by atoms with Crippen LogP contribution in [-0.2, 0) is 4.74 Å². The molecule has 132 valence electrons. The Morgan fingerprint density at radius 2 is 1.88 bits per heavy atom. The number of ether oxygens (including phenoxy) is 1. The predicted molar refractivity (Wildman–Crippen MR) is 95.2 cm³/mol. The molecule has 0 spiro atoms. The number of carbonyl (C=O) groups excluding carboxylic acids is 1. The van der Waals surface area contributed by atoms with E-state index in [9.17, 15) is 4.79 Å². The fourth-order valence-corrected chi connectivity index (χ4v) is 3.01. The number of morpholine rings is 1. The molecule has 1 aliphatic rings. The molecule has 0 saturated carbocycles. The maximum absolute atomic E-state index is 12.9. The summed E-state index contributed by atoms with van der Waals surface area (Å²) in [6.45, 7) is 1.48. The van der Waals surface area contributed by atoms with Crippen molar-refractivity contribution in [2.45, 2.75) is 6.10 Å². The number of hydrogen-bond donors (Lipinski definition) is 0. The first-order valence-corrected chi connectivity index (χ1v) is 8.57. The highest BCUT2D eigenvalue weighted by Crippen LogP contribution is 2.24. The Morgan fingerprint density at radius 3 is 2.65 bits per heavy atom. The van der Waals surface area contributed by atoms with Gasteiger partial charge in [-0.25, -0.2) is 4.98 Å². The highest BCUT2D eigenvalue weighted by molar-refractivity contribution is 6.30. The zero-order chi connectivity index (χ0) is 17.9. The van der Waals surface area contributed by atoms with Gasteiger partial charge >= 0.3 is 0 Å². The molecule has 0 radical (unpaired) electrons. The van der Waals surface area contributed by atoms with Gasteiger partial charge in [0, 0.05) is 11.6 Å². The van der Waals surface area contributed by atoms with Crippen molar-refractivity contribution in [2.24, 2.45) is 0 Å². The molecular weight excluding hydrogens is 354 g/mol. The maximum atomic E-state index is 12.9. The lowest BCUT2D eigenvalue weighted by Crippen LogP contribution is -2.42. The van der Waals surface area contributed by atoms with Crippen LogP contribution in [0.2, 0.25) is 5.02 Å². The van der Waals surface area contributed by atoms with E-state index in [1.54, 1.807) is 40.3 Å². The van der Waals surface area contributed by atoms with Crippen molar-refractivity contribution < 1.29 is 9.53 Å². The molecule has 7 nitrogen and oxygen atoms in total. The summed E-state index contributed by atoms with van der Waals surface area (Å²) in [4.78, 5) is 19.1. The summed E-state index contributed by atoms with van der Waals surface area (Å²) in [7, 11) is 0. The molecule has 4 rings (SSSR count). The Morgan fingerprint density at radius 1 is 1.12 bits per heavy atom. The van der Waals surface area contributed by atoms with Gasteiger partial charge in [0.1, 0.15) is 30.3 Å². The average Bonchev–Trinajstić information content (AvgIpc) is 3.23. The number of pyridine rings is 1. The third-order valence-corrected chi connectivity index (χ3v) is 4.48. The zero-order valence-electron chi connectivity index (χ0n) is 13.8. The molecule has 0 unspecified atom stereocenters. The third kappa shape index (κ3) is 3.44. The normalized spacial score (nSPS) is 17.3. The van der Waals surface area contributed by atoms with Crippen LogP contribution >= 0.6 is 11.6 Å². The molecule has 3 heterocycles. The molecule has 0 bridgehead atoms. The van der Waals surface area contributed by atoms with Gasteiger partial charge in [0.05, 0.1) is 13.2 Å². The molecule has 1 aliphatic heterocycles. The minimum absolute atomic E-state index is 0.123. The lowest BCUT2D eigenvalue weighted by molar-refractivity contribution is -0.0230. The smallest absolute Gasteiger partial charge is 0.272 e. The van der Waals surface area contributed by atoms with Crippen molar-refractivity contribution in [3.8, 4) is 5.82 Å². The Balaban J connectivity index is 1.52. The van der Waals surface area contributed by atoms with Crippen LogP contribution in [0.1, 0.15) is 22.2 Å². The van der Waals surface area contributed by atoms with Crippen LogP contribution in [0.3, 0.4) is 0 Å². The predicted octanol–water partition coefficient (Wildman–Crippen LogP) is 2.53. The summed E-state index contributed by atoms with van der Waals surface area (Å²) >= 11 is 5.94. The van der Waals surface area contributed by atoms with E-state index in [1.165, 1.54) is 0 Å². The van der Waals surface area contributed by atoms with Crippen LogP contribution in [0, 0.1) is 0 Å². The number of benzene rings is 1. The van der Waals surface area contributed by atoms with Crippen LogP contribution in [0.4, 0.5) is 0 Å². The number of nitrogens with zero attached hydrogens (tertiary/aromatic N) is 5. The number of amides is 1. The van der Waals surface area contributed by atoms with Crippen molar-refractivity contribution >= 4 is 17.5 Å². The van der Waals surface area contributed by atoms with Gasteiger partial charge < -0.3 is 9.64 Å². The first-order chi connectivity index (χ1) is 12.7. The summed E-state index contributed by atoms with van der Waals surface area (Å²) in [6.07, 6.45) is 2.91. The molecule has 0 N–H and O–H groups in total. The van der Waals surface area contributed by atoms with Crippen molar-refractivity contribution in [3.05, 3.63) is 71.4 Å². The van der Waals surface area contributed by atoms with Crippen molar-refractivity contribution in [3.63, 3.8) is 0 Å². The molecule has 1 amide bonds. The first-order valence-electron chi connectivity index (χ1n) is 8.19. The standard InChI is InChI=1S/C18H16ClN5O2/c19-14-6-4-13(5-7-14)16-10-23(8-9-26-16)18(25)15-2-1-3-17(22-15)24-11-20-21-12-24/h1-7,11-12,16H,8-10H2/t16-/m0/s1. The SMILES string of the molecule is O=C(c1cccc(-n2cnnc2)n1)N1CCO[C@H](c2ccc(Cl)cc2)C1. The van der Waals surface area contributed by atoms with E-state index in [4.69, 9.17) is 16.3 Å². The van der Waals surface area contributed by atoms with Gasteiger partial charge in [-0.05, 0) is 29.8 Å². The highest BCUT2D eigenvalue weighted by Gasteiger charge is 2.27. The summed E-state index contributed by atoms with van der Waals surface area (Å²) in [5.41, 5.74) is 1.38. The molecule has 2 aromatic heterocycles. The zero-order valence-corrected chi connectivity index (χ0v) is 14.6. The van der Waals surface area contributed by atoms with Gasteiger partial charge in [-0.15, -0.1) is 10.2 Å². The topological polar surface area (TPSA) is 73.1 Å². The minimum atomic E-state index is -0.175. The monoisotopic (exact) mass is 369 g/mol. The highest BCUT2D eigenvalue weighted by atomic mass is 35.5. The summed E-state index contributed by atoms with van der Waals surface area (Å²) in [5.74, 6) is 0.477. The lowest BCUT2D eigenvalue weighted by atomic mass is 10.1. The number of hydrogen-bond acceptors (Lipinski definition) is 5. The molecule has 8 heteroatoms. The minimum Gasteiger partial charge on any atom is -0.370 e. The molecule has 26 heavy (non-hydrogen) atoms. The summed E-state index contributed by atoms with van der Waals surface area (Å²) in [5, 5.41) is 8.20. The quantitative estimate of drug-likeness (QED) is 0.709. The Labute approximate surface area is 155 Å². The van der Waals surface area contributed by atoms with E-state index < -0.39 is 0 Å². The average molecular weight is 370 g/mol. The molecule has 1 atom stereocenters. The van der Waals surface area contributed by atoms with Gasteiger partial charge in [-0.2, -0.15) is 0 Å². The lowest BCUT2D eigenvalue weighted by Gasteiger charge is -2.33. The van der Waals surface area contributed by atoms with Crippen LogP contribution in [0.5, 0.6) is 0 Å². The van der Waals surface area contributed by atoms with Gasteiger partial charge in [0.25, 0.3) is 5.91 Å². The van der Waals surface area contributed by atoms with Crippen LogP contribution in [0.15, 0.2) is 55.1 Å². The van der Waals surface area contributed by atoms with E-state index >= 15 is 0 Å². The van der Waals surface area contributed by atoms with Crippen LogP contribution in [-0.4, -0.2) is 50.3 Å².